The van der Waals surface area contributed by atoms with E-state index in [1.165, 1.54) is 23.1 Å². The summed E-state index contributed by atoms with van der Waals surface area (Å²) in [6.45, 7) is 3.31. The highest BCUT2D eigenvalue weighted by molar-refractivity contribution is 6.05. The van der Waals surface area contributed by atoms with Crippen LogP contribution in [0.4, 0.5) is 0 Å². The van der Waals surface area contributed by atoms with E-state index in [9.17, 15) is 4.79 Å². The number of hydrogen-bond donors (Lipinski definition) is 2. The Hall–Kier alpha value is -2.85. The summed E-state index contributed by atoms with van der Waals surface area (Å²) in [5, 5.41) is 1.12. The van der Waals surface area contributed by atoms with E-state index in [2.05, 4.69) is 52.4 Å². The van der Waals surface area contributed by atoms with Crippen LogP contribution in [0, 0.1) is 0 Å². The molecule has 0 fully saturated rings. The molecule has 1 aromatic heterocycles. The van der Waals surface area contributed by atoms with Crippen LogP contribution in [-0.4, -0.2) is 35.4 Å². The van der Waals surface area contributed by atoms with Crippen molar-refractivity contribution in [3.63, 3.8) is 0 Å². The van der Waals surface area contributed by atoms with Gasteiger partial charge in [0.15, 0.2) is 0 Å². The third kappa shape index (κ3) is 4.02. The first kappa shape index (κ1) is 18.5. The van der Waals surface area contributed by atoms with Gasteiger partial charge < -0.3 is 10.7 Å². The molecule has 3 N–H and O–H groups in total. The maximum Gasteiger partial charge on any atom is 0.250 e. The van der Waals surface area contributed by atoms with Crippen molar-refractivity contribution in [3.8, 4) is 0 Å². The van der Waals surface area contributed by atoms with Crippen LogP contribution >= 0.6 is 0 Å². The molecule has 1 aliphatic heterocycles. The van der Waals surface area contributed by atoms with Crippen molar-refractivity contribution in [2.75, 3.05) is 19.6 Å². The highest BCUT2D eigenvalue weighted by Gasteiger charge is 2.13. The molecule has 4 heteroatoms. The second kappa shape index (κ2) is 8.44. The number of aryl methyl sites for hydroxylation is 1. The van der Waals surface area contributed by atoms with Gasteiger partial charge in [0.2, 0.25) is 0 Å². The van der Waals surface area contributed by atoms with Crippen LogP contribution in [0.25, 0.3) is 16.5 Å². The molecule has 0 radical (unpaired) electrons. The molecule has 4 nitrogen and oxygen atoms in total. The van der Waals surface area contributed by atoms with Crippen molar-refractivity contribution in [2.24, 2.45) is 5.73 Å². The maximum atomic E-state index is 11.6. The fraction of sp³-hybridized carbons (Fsp3) is 0.292. The Labute approximate surface area is 166 Å². The lowest BCUT2D eigenvalue weighted by atomic mass is 9.99. The zero-order chi connectivity index (χ0) is 19.3. The average molecular weight is 374 g/mol. The van der Waals surface area contributed by atoms with Gasteiger partial charge in [-0.15, -0.1) is 0 Å². The van der Waals surface area contributed by atoms with Gasteiger partial charge in [0.05, 0.1) is 11.1 Å². The Morgan fingerprint density at radius 3 is 2.68 bits per heavy atom. The lowest BCUT2D eigenvalue weighted by Crippen LogP contribution is -2.29. The largest absolute Gasteiger partial charge is 0.366 e. The van der Waals surface area contributed by atoms with Gasteiger partial charge in [-0.2, -0.15) is 0 Å². The zero-order valence-electron chi connectivity index (χ0n) is 16.2. The number of para-hydroxylation sites is 1. The number of fused-ring (bicyclic) bond motifs is 1. The van der Waals surface area contributed by atoms with Crippen LogP contribution in [0.1, 0.15) is 40.7 Å². The topological polar surface area (TPSA) is 62.1 Å². The van der Waals surface area contributed by atoms with Crippen LogP contribution in [0.2, 0.25) is 0 Å². The number of nitrogens with two attached hydrogens (primary N) is 1. The van der Waals surface area contributed by atoms with Crippen molar-refractivity contribution in [3.05, 3.63) is 77.5 Å². The van der Waals surface area contributed by atoms with Crippen molar-refractivity contribution in [2.45, 2.75) is 25.7 Å². The molecule has 0 saturated carbocycles. The molecular weight excluding hydrogens is 346 g/mol. The quantitative estimate of drug-likeness (QED) is 0.604. The lowest BCUT2D eigenvalue weighted by Gasteiger charge is -2.26. The van der Waals surface area contributed by atoms with Crippen LogP contribution < -0.4 is 5.73 Å². The second-order valence-electron chi connectivity index (χ2n) is 7.51. The van der Waals surface area contributed by atoms with Gasteiger partial charge in [-0.1, -0.05) is 48.5 Å². The number of nitrogens with zero attached hydrogens (tertiary/aromatic N) is 1. The first-order chi connectivity index (χ1) is 13.7. The Bertz CT molecular complexity index is 988. The predicted octanol–water partition coefficient (Wildman–Crippen LogP) is 4.38. The van der Waals surface area contributed by atoms with Gasteiger partial charge in [-0.3, -0.25) is 9.69 Å². The summed E-state index contributed by atoms with van der Waals surface area (Å²) in [5.41, 5.74) is 11.0. The second-order valence-corrected chi connectivity index (χ2v) is 7.51. The number of hydrogen-bond acceptors (Lipinski definition) is 2. The molecule has 1 aliphatic rings. The number of nitrogens with one attached hydrogen (secondary N) is 1. The minimum atomic E-state index is -0.382. The number of benzene rings is 2. The normalized spacial score (nSPS) is 14.9. The van der Waals surface area contributed by atoms with Crippen molar-refractivity contribution in [1.29, 1.82) is 0 Å². The van der Waals surface area contributed by atoms with Crippen molar-refractivity contribution < 1.29 is 4.79 Å². The summed E-state index contributed by atoms with van der Waals surface area (Å²) in [7, 11) is 0. The number of aromatic amines is 1. The summed E-state index contributed by atoms with van der Waals surface area (Å²) < 4.78 is 0. The van der Waals surface area contributed by atoms with Gasteiger partial charge >= 0.3 is 0 Å². The van der Waals surface area contributed by atoms with E-state index in [0.29, 0.717) is 5.56 Å². The molecule has 0 unspecified atom stereocenters. The van der Waals surface area contributed by atoms with Crippen LogP contribution in [0.3, 0.4) is 0 Å². The van der Waals surface area contributed by atoms with Gasteiger partial charge in [-0.05, 0) is 55.0 Å². The van der Waals surface area contributed by atoms with E-state index in [-0.39, 0.29) is 5.91 Å². The molecule has 0 aliphatic carbocycles. The highest BCUT2D eigenvalue weighted by atomic mass is 16.1. The number of carbonyl (C=O) groups is 1. The number of primary amides is 1. The van der Waals surface area contributed by atoms with E-state index >= 15 is 0 Å². The molecule has 0 spiro atoms. The van der Waals surface area contributed by atoms with E-state index < -0.39 is 0 Å². The van der Waals surface area contributed by atoms with Gasteiger partial charge in [-0.25, -0.2) is 0 Å². The Morgan fingerprint density at radius 1 is 1.07 bits per heavy atom. The SMILES string of the molecule is NC(=O)c1cccc2c(CCCCN3CC=C(c4ccccc4)CC3)c[nH]c12. The van der Waals surface area contributed by atoms with Gasteiger partial charge in [0.25, 0.3) is 5.91 Å². The fourth-order valence-corrected chi connectivity index (χ4v) is 4.10. The van der Waals surface area contributed by atoms with Gasteiger partial charge in [0.1, 0.15) is 0 Å². The number of unbranched alkanes of at least 4 members (excludes halogenated alkanes) is 1. The van der Waals surface area contributed by atoms with E-state index in [4.69, 9.17) is 5.73 Å². The molecule has 3 aromatic rings. The first-order valence-corrected chi connectivity index (χ1v) is 10.1. The van der Waals surface area contributed by atoms with Crippen LogP contribution in [0.15, 0.2) is 60.8 Å². The molecule has 2 heterocycles. The Morgan fingerprint density at radius 2 is 1.93 bits per heavy atom. The Balaban J connectivity index is 1.28. The average Bonchev–Trinajstić information content (AvgIpc) is 3.15. The molecule has 28 heavy (non-hydrogen) atoms. The van der Waals surface area contributed by atoms with Crippen molar-refractivity contribution >= 4 is 22.4 Å². The monoisotopic (exact) mass is 373 g/mol. The summed E-state index contributed by atoms with van der Waals surface area (Å²) in [6, 6.07) is 16.4. The molecule has 0 atom stereocenters. The third-order valence-electron chi connectivity index (χ3n) is 5.67. The third-order valence-corrected chi connectivity index (χ3v) is 5.67. The highest BCUT2D eigenvalue weighted by Crippen LogP contribution is 2.24. The fourth-order valence-electron chi connectivity index (χ4n) is 4.10. The number of rotatable bonds is 7. The first-order valence-electron chi connectivity index (χ1n) is 10.1. The van der Waals surface area contributed by atoms with Crippen molar-refractivity contribution in [1.82, 2.24) is 9.88 Å². The maximum absolute atomic E-state index is 11.6. The van der Waals surface area contributed by atoms with E-state index in [0.717, 1.165) is 49.8 Å². The Kier molecular flexibility index (Phi) is 5.58. The number of aromatic nitrogens is 1. The smallest absolute Gasteiger partial charge is 0.250 e. The van der Waals surface area contributed by atoms with Gasteiger partial charge in [0, 0.05) is 24.7 Å². The summed E-state index contributed by atoms with van der Waals surface area (Å²) in [6.07, 6.45) is 8.86. The molecule has 0 bridgehead atoms. The summed E-state index contributed by atoms with van der Waals surface area (Å²) in [5.74, 6) is -0.382. The molecular formula is C24H27N3O. The molecule has 2 aromatic carbocycles. The molecule has 4 rings (SSSR count). The van der Waals surface area contributed by atoms with Crippen LogP contribution in [0.5, 0.6) is 0 Å². The minimum Gasteiger partial charge on any atom is -0.366 e. The lowest BCUT2D eigenvalue weighted by molar-refractivity contribution is 0.100. The molecule has 1 amide bonds. The summed E-state index contributed by atoms with van der Waals surface area (Å²) >= 11 is 0. The van der Waals surface area contributed by atoms with Crippen LogP contribution in [-0.2, 0) is 6.42 Å². The van der Waals surface area contributed by atoms with E-state index in [1.54, 1.807) is 6.07 Å². The number of carbonyl (C=O) groups excluding carboxylic acids is 1. The predicted molar refractivity (Wildman–Crippen MR) is 115 cm³/mol. The molecule has 144 valence electrons. The molecule has 0 saturated heterocycles. The summed E-state index contributed by atoms with van der Waals surface area (Å²) in [4.78, 5) is 17.3. The zero-order valence-corrected chi connectivity index (χ0v) is 16.2. The van der Waals surface area contributed by atoms with E-state index in [1.807, 2.05) is 12.3 Å². The standard InChI is InChI=1S/C24H27N3O/c25-24(28)22-11-6-10-21-20(17-26-23(21)22)9-4-5-14-27-15-12-19(13-16-27)18-7-2-1-3-8-18/h1-3,6-8,10-12,17,26H,4-5,9,13-16H2,(H2,25,28). The number of amides is 1. The number of H-pyrrole nitrogens is 1. The minimum absolute atomic E-state index is 0.382.